The quantitative estimate of drug-likeness (QED) is 0.765. The Hall–Kier alpha value is -0.670. The van der Waals surface area contributed by atoms with E-state index in [2.05, 4.69) is 4.90 Å². The Kier molecular flexibility index (Phi) is 3.30. The molecule has 0 N–H and O–H groups in total. The summed E-state index contributed by atoms with van der Waals surface area (Å²) in [7, 11) is 0. The lowest BCUT2D eigenvalue weighted by Crippen LogP contribution is -2.37. The third-order valence-electron chi connectivity index (χ3n) is 3.35. The molecular weight excluding hydrogens is 252 g/mol. The van der Waals surface area contributed by atoms with Gasteiger partial charge in [-0.1, -0.05) is 35.5 Å². The van der Waals surface area contributed by atoms with Crippen LogP contribution in [0.1, 0.15) is 19.3 Å². The number of halogens is 1. The van der Waals surface area contributed by atoms with Gasteiger partial charge in [-0.2, -0.15) is 0 Å². The molecule has 4 heteroatoms. The monoisotopic (exact) mass is 266 g/mol. The molecule has 3 rings (SSSR count). The summed E-state index contributed by atoms with van der Waals surface area (Å²) < 4.78 is 0. The number of nitrogens with zero attached hydrogens (tertiary/aromatic N) is 2. The minimum atomic E-state index is 0.704. The highest BCUT2D eigenvalue weighted by Crippen LogP contribution is 2.34. The van der Waals surface area contributed by atoms with Gasteiger partial charge in [-0.3, -0.25) is 0 Å². The standard InChI is InChI=1S/C13H15ClN2S/c14-11-6-1-2-7-12(11)15-13-16-8-4-3-5-10(16)9-17-13/h1-2,6-7,10H,3-5,8-9H2. The van der Waals surface area contributed by atoms with Crippen LogP contribution in [0, 0.1) is 0 Å². The summed E-state index contributed by atoms with van der Waals surface area (Å²) in [5, 5.41) is 1.89. The van der Waals surface area contributed by atoms with Crippen molar-refractivity contribution in [2.24, 2.45) is 4.99 Å². The molecule has 0 spiro atoms. The molecule has 2 nitrogen and oxygen atoms in total. The van der Waals surface area contributed by atoms with Crippen molar-refractivity contribution < 1.29 is 0 Å². The number of thioether (sulfide) groups is 1. The Morgan fingerprint density at radius 1 is 1.29 bits per heavy atom. The van der Waals surface area contributed by atoms with E-state index in [4.69, 9.17) is 16.6 Å². The van der Waals surface area contributed by atoms with Crippen molar-refractivity contribution in [2.75, 3.05) is 12.3 Å². The number of piperidine rings is 1. The zero-order chi connectivity index (χ0) is 11.7. The van der Waals surface area contributed by atoms with Crippen LogP contribution in [-0.2, 0) is 0 Å². The van der Waals surface area contributed by atoms with Crippen LogP contribution in [0.25, 0.3) is 0 Å². The lowest BCUT2D eigenvalue weighted by atomic mass is 10.1. The smallest absolute Gasteiger partial charge is 0.164 e. The van der Waals surface area contributed by atoms with Gasteiger partial charge in [-0.05, 0) is 31.4 Å². The fourth-order valence-corrected chi connectivity index (χ4v) is 3.86. The van der Waals surface area contributed by atoms with Crippen molar-refractivity contribution in [1.82, 2.24) is 4.90 Å². The zero-order valence-electron chi connectivity index (χ0n) is 9.60. The van der Waals surface area contributed by atoms with Gasteiger partial charge in [0.25, 0.3) is 0 Å². The van der Waals surface area contributed by atoms with Gasteiger partial charge >= 0.3 is 0 Å². The molecule has 17 heavy (non-hydrogen) atoms. The van der Waals surface area contributed by atoms with Crippen LogP contribution >= 0.6 is 23.4 Å². The van der Waals surface area contributed by atoms with E-state index in [1.807, 2.05) is 36.0 Å². The maximum Gasteiger partial charge on any atom is 0.164 e. The second-order valence-corrected chi connectivity index (χ2v) is 5.89. The summed E-state index contributed by atoms with van der Waals surface area (Å²) in [6.07, 6.45) is 3.97. The molecule has 0 saturated carbocycles. The van der Waals surface area contributed by atoms with E-state index in [0.29, 0.717) is 6.04 Å². The Morgan fingerprint density at radius 2 is 2.18 bits per heavy atom. The Morgan fingerprint density at radius 3 is 3.06 bits per heavy atom. The highest BCUT2D eigenvalue weighted by atomic mass is 35.5. The van der Waals surface area contributed by atoms with Crippen molar-refractivity contribution >= 4 is 34.2 Å². The Labute approximate surface area is 111 Å². The highest BCUT2D eigenvalue weighted by molar-refractivity contribution is 8.14. The molecule has 2 saturated heterocycles. The lowest BCUT2D eigenvalue weighted by molar-refractivity contribution is 0.275. The summed E-state index contributed by atoms with van der Waals surface area (Å²) in [6.45, 7) is 1.15. The van der Waals surface area contributed by atoms with Crippen LogP contribution < -0.4 is 0 Å². The van der Waals surface area contributed by atoms with E-state index in [1.165, 1.54) is 25.0 Å². The fraction of sp³-hybridized carbons (Fsp3) is 0.462. The number of fused-ring (bicyclic) bond motifs is 1. The zero-order valence-corrected chi connectivity index (χ0v) is 11.2. The van der Waals surface area contributed by atoms with E-state index in [-0.39, 0.29) is 0 Å². The number of hydrogen-bond acceptors (Lipinski definition) is 2. The minimum Gasteiger partial charge on any atom is -0.347 e. The van der Waals surface area contributed by atoms with Crippen LogP contribution in [-0.4, -0.2) is 28.4 Å². The largest absolute Gasteiger partial charge is 0.347 e. The van der Waals surface area contributed by atoms with Gasteiger partial charge in [0, 0.05) is 18.3 Å². The summed E-state index contributed by atoms with van der Waals surface area (Å²) in [4.78, 5) is 7.17. The molecule has 0 amide bonds. The van der Waals surface area contributed by atoms with Gasteiger partial charge in [0.05, 0.1) is 10.7 Å². The number of hydrogen-bond donors (Lipinski definition) is 0. The highest BCUT2D eigenvalue weighted by Gasteiger charge is 2.31. The summed E-state index contributed by atoms with van der Waals surface area (Å²) >= 11 is 8.01. The number of aliphatic imine (C=N–C) groups is 1. The molecule has 2 aliphatic rings. The van der Waals surface area contributed by atoms with Gasteiger partial charge < -0.3 is 4.90 Å². The second kappa shape index (κ2) is 4.91. The lowest BCUT2D eigenvalue weighted by Gasteiger charge is -2.30. The average Bonchev–Trinajstić information content (AvgIpc) is 2.76. The van der Waals surface area contributed by atoms with Crippen LogP contribution in [0.2, 0.25) is 5.02 Å². The molecule has 2 fully saturated rings. The molecule has 2 aliphatic heterocycles. The predicted molar refractivity (Wildman–Crippen MR) is 75.4 cm³/mol. The Bertz CT molecular complexity index is 447. The van der Waals surface area contributed by atoms with Gasteiger partial charge in [-0.25, -0.2) is 4.99 Å². The predicted octanol–water partition coefficient (Wildman–Crippen LogP) is 3.93. The van der Waals surface area contributed by atoms with Gasteiger partial charge in [0.1, 0.15) is 0 Å². The molecule has 0 aromatic heterocycles. The molecular formula is C13H15ClN2S. The SMILES string of the molecule is Clc1ccccc1N=C1SCC2CCCCN12. The molecule has 0 aliphatic carbocycles. The van der Waals surface area contributed by atoms with Crippen molar-refractivity contribution in [1.29, 1.82) is 0 Å². The van der Waals surface area contributed by atoms with Crippen LogP contribution in [0.3, 0.4) is 0 Å². The minimum absolute atomic E-state index is 0.704. The maximum atomic E-state index is 6.14. The number of rotatable bonds is 1. The van der Waals surface area contributed by atoms with Crippen molar-refractivity contribution in [3.8, 4) is 0 Å². The summed E-state index contributed by atoms with van der Waals surface area (Å²) in [6, 6.07) is 8.51. The van der Waals surface area contributed by atoms with E-state index in [1.54, 1.807) is 0 Å². The topological polar surface area (TPSA) is 15.6 Å². The first-order valence-electron chi connectivity index (χ1n) is 6.07. The third kappa shape index (κ3) is 2.31. The van der Waals surface area contributed by atoms with E-state index in [9.17, 15) is 0 Å². The normalized spacial score (nSPS) is 26.3. The van der Waals surface area contributed by atoms with Crippen LogP contribution in [0.15, 0.2) is 29.3 Å². The number of amidine groups is 1. The number of benzene rings is 1. The molecule has 1 aromatic rings. The maximum absolute atomic E-state index is 6.14. The Balaban J connectivity index is 1.87. The molecule has 1 unspecified atom stereocenters. The van der Waals surface area contributed by atoms with Gasteiger partial charge in [0.2, 0.25) is 0 Å². The molecule has 90 valence electrons. The van der Waals surface area contributed by atoms with Gasteiger partial charge in [-0.15, -0.1) is 0 Å². The molecule has 1 atom stereocenters. The van der Waals surface area contributed by atoms with E-state index < -0.39 is 0 Å². The first-order chi connectivity index (χ1) is 8.34. The molecule has 0 bridgehead atoms. The molecule has 2 heterocycles. The average molecular weight is 267 g/mol. The first-order valence-corrected chi connectivity index (χ1v) is 7.43. The van der Waals surface area contributed by atoms with Crippen LogP contribution in [0.4, 0.5) is 5.69 Å². The van der Waals surface area contributed by atoms with Crippen molar-refractivity contribution in [3.63, 3.8) is 0 Å². The second-order valence-electron chi connectivity index (χ2n) is 4.50. The molecule has 0 radical (unpaired) electrons. The van der Waals surface area contributed by atoms with E-state index in [0.717, 1.165) is 22.4 Å². The summed E-state index contributed by atoms with van der Waals surface area (Å²) in [5.41, 5.74) is 0.892. The van der Waals surface area contributed by atoms with Crippen molar-refractivity contribution in [3.05, 3.63) is 29.3 Å². The van der Waals surface area contributed by atoms with Crippen molar-refractivity contribution in [2.45, 2.75) is 25.3 Å². The third-order valence-corrected chi connectivity index (χ3v) is 4.80. The number of para-hydroxylation sites is 1. The van der Waals surface area contributed by atoms with Gasteiger partial charge in [0.15, 0.2) is 5.17 Å². The van der Waals surface area contributed by atoms with E-state index >= 15 is 0 Å². The molecule has 1 aromatic carbocycles. The van der Waals surface area contributed by atoms with Crippen LogP contribution in [0.5, 0.6) is 0 Å². The fourth-order valence-electron chi connectivity index (χ4n) is 2.42. The summed E-state index contributed by atoms with van der Waals surface area (Å²) in [5.74, 6) is 1.18. The first kappa shape index (κ1) is 11.4.